The number of rotatable bonds is 8. The van der Waals surface area contributed by atoms with E-state index < -0.39 is 4.92 Å². The predicted molar refractivity (Wildman–Crippen MR) is 111 cm³/mol. The van der Waals surface area contributed by atoms with Gasteiger partial charge in [-0.05, 0) is 38.8 Å². The zero-order valence-corrected chi connectivity index (χ0v) is 17.0. The molecule has 0 atom stereocenters. The van der Waals surface area contributed by atoms with Gasteiger partial charge < -0.3 is 19.7 Å². The third-order valence-corrected chi connectivity index (χ3v) is 4.84. The molecule has 0 radical (unpaired) electrons. The number of hydrogen-bond donors (Lipinski definition) is 1. The molecule has 0 aliphatic carbocycles. The van der Waals surface area contributed by atoms with Crippen molar-refractivity contribution in [3.63, 3.8) is 0 Å². The van der Waals surface area contributed by atoms with Crippen LogP contribution in [-0.4, -0.2) is 47.2 Å². The highest BCUT2D eigenvalue weighted by atomic mass is 16.6. The number of benzene rings is 1. The second-order valence-electron chi connectivity index (χ2n) is 6.72. The van der Waals surface area contributed by atoms with Crippen LogP contribution >= 0.6 is 0 Å². The van der Waals surface area contributed by atoms with E-state index in [0.29, 0.717) is 50.6 Å². The normalized spacial score (nSPS) is 14.3. The Kier molecular flexibility index (Phi) is 6.99. The average Bonchev–Trinajstić information content (AvgIpc) is 2.75. The molecule has 10 heteroatoms. The SMILES string of the molecule is CCOC(=O)C1CCN(c2ncnc(Nc3ccccc3OCC)c2[N+](=O)[O-])CC1. The van der Waals surface area contributed by atoms with Gasteiger partial charge >= 0.3 is 11.7 Å². The molecular formula is C20H25N5O5. The molecule has 0 unspecified atom stereocenters. The van der Waals surface area contributed by atoms with Gasteiger partial charge in [-0.3, -0.25) is 14.9 Å². The summed E-state index contributed by atoms with van der Waals surface area (Å²) in [6, 6.07) is 7.17. The molecule has 10 nitrogen and oxygen atoms in total. The topological polar surface area (TPSA) is 120 Å². The smallest absolute Gasteiger partial charge is 0.353 e. The van der Waals surface area contributed by atoms with Gasteiger partial charge in [0.2, 0.25) is 11.6 Å². The van der Waals surface area contributed by atoms with Gasteiger partial charge in [0.05, 0.1) is 29.7 Å². The first-order chi connectivity index (χ1) is 14.5. The zero-order valence-electron chi connectivity index (χ0n) is 17.0. The quantitative estimate of drug-likeness (QED) is 0.393. The summed E-state index contributed by atoms with van der Waals surface area (Å²) in [4.78, 5) is 33.5. The van der Waals surface area contributed by atoms with Gasteiger partial charge in [0.25, 0.3) is 0 Å². The maximum Gasteiger partial charge on any atom is 0.353 e. The molecule has 0 bridgehead atoms. The molecule has 0 amide bonds. The third-order valence-electron chi connectivity index (χ3n) is 4.84. The van der Waals surface area contributed by atoms with Gasteiger partial charge in [0.15, 0.2) is 0 Å². The van der Waals surface area contributed by atoms with Gasteiger partial charge in [-0.2, -0.15) is 0 Å². The monoisotopic (exact) mass is 415 g/mol. The highest BCUT2D eigenvalue weighted by Crippen LogP contribution is 2.37. The second-order valence-corrected chi connectivity index (χ2v) is 6.72. The van der Waals surface area contributed by atoms with Gasteiger partial charge in [0.1, 0.15) is 12.1 Å². The van der Waals surface area contributed by atoms with Crippen LogP contribution in [0.15, 0.2) is 30.6 Å². The number of nitrogens with zero attached hydrogens (tertiary/aromatic N) is 4. The summed E-state index contributed by atoms with van der Waals surface area (Å²) in [5.74, 6) is 0.477. The van der Waals surface area contributed by atoms with Crippen LogP contribution in [0.5, 0.6) is 5.75 Å². The lowest BCUT2D eigenvalue weighted by Crippen LogP contribution is -2.37. The van der Waals surface area contributed by atoms with Crippen molar-refractivity contribution in [1.82, 2.24) is 9.97 Å². The lowest BCUT2D eigenvalue weighted by molar-refractivity contribution is -0.383. The number of esters is 1. The van der Waals surface area contributed by atoms with Gasteiger partial charge in [-0.1, -0.05) is 12.1 Å². The van der Waals surface area contributed by atoms with Crippen LogP contribution in [0.1, 0.15) is 26.7 Å². The summed E-state index contributed by atoms with van der Waals surface area (Å²) in [5, 5.41) is 14.9. The molecule has 1 N–H and O–H groups in total. The molecule has 0 saturated carbocycles. The fourth-order valence-corrected chi connectivity index (χ4v) is 3.43. The Balaban J connectivity index is 1.84. The number of piperidine rings is 1. The number of anilines is 3. The van der Waals surface area contributed by atoms with Crippen LogP contribution in [-0.2, 0) is 9.53 Å². The highest BCUT2D eigenvalue weighted by molar-refractivity contribution is 5.77. The van der Waals surface area contributed by atoms with Gasteiger partial charge in [0, 0.05) is 13.1 Å². The molecule has 3 rings (SSSR count). The van der Waals surface area contributed by atoms with E-state index >= 15 is 0 Å². The number of hydrogen-bond acceptors (Lipinski definition) is 9. The maximum absolute atomic E-state index is 12.0. The van der Waals surface area contributed by atoms with Crippen molar-refractivity contribution in [3.05, 3.63) is 40.7 Å². The molecule has 2 aromatic rings. The molecule has 1 fully saturated rings. The summed E-state index contributed by atoms with van der Waals surface area (Å²) in [5.41, 5.74) is 0.367. The first-order valence-electron chi connectivity index (χ1n) is 9.94. The number of ether oxygens (including phenoxy) is 2. The molecular weight excluding hydrogens is 390 g/mol. The minimum absolute atomic E-state index is 0.0877. The molecule has 1 saturated heterocycles. The first kappa shape index (κ1) is 21.3. The van der Waals surface area contributed by atoms with Gasteiger partial charge in [-0.15, -0.1) is 0 Å². The molecule has 1 aliphatic rings. The molecule has 0 spiro atoms. The van der Waals surface area contributed by atoms with E-state index in [0.717, 1.165) is 0 Å². The average molecular weight is 415 g/mol. The fourth-order valence-electron chi connectivity index (χ4n) is 3.43. The Hall–Kier alpha value is -3.43. The second kappa shape index (κ2) is 9.86. The maximum atomic E-state index is 12.0. The van der Waals surface area contributed by atoms with Crippen LogP contribution in [0.3, 0.4) is 0 Å². The van der Waals surface area contributed by atoms with Crippen molar-refractivity contribution in [2.24, 2.45) is 5.92 Å². The van der Waals surface area contributed by atoms with Crippen LogP contribution in [0.25, 0.3) is 0 Å². The van der Waals surface area contributed by atoms with Crippen LogP contribution in [0.4, 0.5) is 23.0 Å². The minimum atomic E-state index is -0.488. The fraction of sp³-hybridized carbons (Fsp3) is 0.450. The number of aromatic nitrogens is 2. The van der Waals surface area contributed by atoms with Crippen molar-refractivity contribution in [2.45, 2.75) is 26.7 Å². The van der Waals surface area contributed by atoms with Crippen molar-refractivity contribution in [2.75, 3.05) is 36.5 Å². The van der Waals surface area contributed by atoms with E-state index in [4.69, 9.17) is 9.47 Å². The minimum Gasteiger partial charge on any atom is -0.492 e. The van der Waals surface area contributed by atoms with E-state index in [1.807, 2.05) is 17.9 Å². The lowest BCUT2D eigenvalue weighted by Gasteiger charge is -2.31. The van der Waals surface area contributed by atoms with E-state index in [9.17, 15) is 14.9 Å². The van der Waals surface area contributed by atoms with E-state index in [1.54, 1.807) is 25.1 Å². The Morgan fingerprint density at radius 2 is 1.97 bits per heavy atom. The van der Waals surface area contributed by atoms with E-state index in [-0.39, 0.29) is 29.2 Å². The highest BCUT2D eigenvalue weighted by Gasteiger charge is 2.32. The summed E-state index contributed by atoms with van der Waals surface area (Å²) in [7, 11) is 0. The van der Waals surface area contributed by atoms with Crippen LogP contribution in [0, 0.1) is 16.0 Å². The summed E-state index contributed by atoms with van der Waals surface area (Å²) >= 11 is 0. The summed E-state index contributed by atoms with van der Waals surface area (Å²) in [6.07, 6.45) is 2.40. The summed E-state index contributed by atoms with van der Waals surface area (Å²) in [6.45, 7) is 5.38. The van der Waals surface area contributed by atoms with Crippen LogP contribution in [0.2, 0.25) is 0 Å². The Morgan fingerprint density at radius 1 is 1.23 bits per heavy atom. The first-order valence-corrected chi connectivity index (χ1v) is 9.94. The lowest BCUT2D eigenvalue weighted by atomic mass is 9.97. The Bertz CT molecular complexity index is 899. The zero-order chi connectivity index (χ0) is 21.5. The standard InChI is InChI=1S/C20H25N5O5/c1-3-29-16-8-6-5-7-15(16)23-18-17(25(27)28)19(22-13-21-18)24-11-9-14(10-12-24)20(26)30-4-2/h5-8,13-14H,3-4,9-12H2,1-2H3,(H,21,22,23). The largest absolute Gasteiger partial charge is 0.492 e. The molecule has 2 heterocycles. The molecule has 1 aliphatic heterocycles. The van der Waals surface area contributed by atoms with Crippen molar-refractivity contribution >= 4 is 29.0 Å². The number of nitrogens with one attached hydrogen (secondary N) is 1. The molecule has 1 aromatic heterocycles. The van der Waals surface area contributed by atoms with Crippen molar-refractivity contribution in [3.8, 4) is 5.75 Å². The number of para-hydroxylation sites is 2. The number of nitro groups is 1. The van der Waals surface area contributed by atoms with Gasteiger partial charge in [-0.25, -0.2) is 9.97 Å². The van der Waals surface area contributed by atoms with E-state index in [2.05, 4.69) is 15.3 Å². The third kappa shape index (κ3) is 4.76. The Morgan fingerprint density at radius 3 is 2.63 bits per heavy atom. The molecule has 1 aromatic carbocycles. The van der Waals surface area contributed by atoms with Crippen molar-refractivity contribution < 1.29 is 19.2 Å². The molecule has 30 heavy (non-hydrogen) atoms. The molecule has 160 valence electrons. The Labute approximate surface area is 174 Å². The number of carbonyl (C=O) groups excluding carboxylic acids is 1. The van der Waals surface area contributed by atoms with Crippen LogP contribution < -0.4 is 15.0 Å². The predicted octanol–water partition coefficient (Wildman–Crippen LogP) is 3.31. The number of carbonyl (C=O) groups is 1. The summed E-state index contributed by atoms with van der Waals surface area (Å²) < 4.78 is 10.7. The van der Waals surface area contributed by atoms with E-state index in [1.165, 1.54) is 6.33 Å². The van der Waals surface area contributed by atoms with Crippen molar-refractivity contribution in [1.29, 1.82) is 0 Å².